The predicted octanol–water partition coefficient (Wildman–Crippen LogP) is 3.94. The molecule has 0 amide bonds. The summed E-state index contributed by atoms with van der Waals surface area (Å²) in [4.78, 5) is 4.26. The standard InChI is InChI=1S/C13H24N2O/c1-5-8-10-12(11(4)14)16-13(9-6-2)15-7-3/h7,10,13-14H,5-6,8-9H2,1-4H3/b12-10+,14-11?,15-7?. The Labute approximate surface area is 99.1 Å². The maximum absolute atomic E-state index is 7.64. The van der Waals surface area contributed by atoms with E-state index < -0.39 is 0 Å². The second kappa shape index (κ2) is 9.13. The Morgan fingerprint density at radius 2 is 2.06 bits per heavy atom. The summed E-state index contributed by atoms with van der Waals surface area (Å²) < 4.78 is 5.73. The first-order chi connectivity index (χ1) is 7.65. The smallest absolute Gasteiger partial charge is 0.189 e. The lowest BCUT2D eigenvalue weighted by atomic mass is 10.2. The maximum atomic E-state index is 7.64. The van der Waals surface area contributed by atoms with E-state index in [0.29, 0.717) is 11.5 Å². The average Bonchev–Trinajstić information content (AvgIpc) is 2.24. The monoisotopic (exact) mass is 224 g/mol. The van der Waals surface area contributed by atoms with Crippen LogP contribution in [0.1, 0.15) is 53.4 Å². The highest BCUT2D eigenvalue weighted by atomic mass is 16.5. The van der Waals surface area contributed by atoms with Crippen LogP contribution in [-0.2, 0) is 4.74 Å². The van der Waals surface area contributed by atoms with E-state index in [0.717, 1.165) is 25.7 Å². The minimum Gasteiger partial charge on any atom is -0.467 e. The first kappa shape index (κ1) is 14.9. The highest BCUT2D eigenvalue weighted by molar-refractivity contribution is 5.93. The van der Waals surface area contributed by atoms with Crippen molar-refractivity contribution in [2.45, 2.75) is 59.6 Å². The Morgan fingerprint density at radius 1 is 1.38 bits per heavy atom. The van der Waals surface area contributed by atoms with Crippen molar-refractivity contribution in [3.8, 4) is 0 Å². The third-order valence-corrected chi connectivity index (χ3v) is 2.10. The van der Waals surface area contributed by atoms with E-state index in [2.05, 4.69) is 18.8 Å². The van der Waals surface area contributed by atoms with E-state index in [1.807, 2.05) is 13.0 Å². The number of aliphatic imine (C=N–C) groups is 1. The molecule has 0 spiro atoms. The van der Waals surface area contributed by atoms with Gasteiger partial charge in [-0.1, -0.05) is 26.7 Å². The molecule has 0 fully saturated rings. The quantitative estimate of drug-likeness (QED) is 0.492. The third-order valence-electron chi connectivity index (χ3n) is 2.10. The molecule has 0 radical (unpaired) electrons. The van der Waals surface area contributed by atoms with Crippen LogP contribution < -0.4 is 0 Å². The number of hydrogen-bond acceptors (Lipinski definition) is 3. The number of hydrogen-bond donors (Lipinski definition) is 1. The van der Waals surface area contributed by atoms with Crippen LogP contribution in [0.15, 0.2) is 16.8 Å². The van der Waals surface area contributed by atoms with Gasteiger partial charge >= 0.3 is 0 Å². The van der Waals surface area contributed by atoms with Crippen molar-refractivity contribution in [1.82, 2.24) is 0 Å². The van der Waals surface area contributed by atoms with Gasteiger partial charge in [-0.25, -0.2) is 0 Å². The fourth-order valence-electron chi connectivity index (χ4n) is 1.29. The molecule has 1 atom stereocenters. The van der Waals surface area contributed by atoms with Crippen LogP contribution in [0.5, 0.6) is 0 Å². The van der Waals surface area contributed by atoms with Crippen molar-refractivity contribution in [3.63, 3.8) is 0 Å². The van der Waals surface area contributed by atoms with E-state index in [-0.39, 0.29) is 6.23 Å². The van der Waals surface area contributed by atoms with Crippen LogP contribution in [0.3, 0.4) is 0 Å². The molecule has 0 heterocycles. The molecule has 0 saturated heterocycles. The van der Waals surface area contributed by atoms with Crippen molar-refractivity contribution in [2.24, 2.45) is 4.99 Å². The topological polar surface area (TPSA) is 45.4 Å². The van der Waals surface area contributed by atoms with Gasteiger partial charge in [-0.05, 0) is 32.6 Å². The first-order valence-electron chi connectivity index (χ1n) is 6.05. The minimum atomic E-state index is -0.140. The molecular weight excluding hydrogens is 200 g/mol. The number of unbranched alkanes of at least 4 members (excludes halogenated alkanes) is 1. The van der Waals surface area contributed by atoms with Gasteiger partial charge in [0.1, 0.15) is 5.76 Å². The number of rotatable bonds is 8. The summed E-state index contributed by atoms with van der Waals surface area (Å²) >= 11 is 0. The van der Waals surface area contributed by atoms with Gasteiger partial charge in [0.15, 0.2) is 6.23 Å². The molecular formula is C13H24N2O. The van der Waals surface area contributed by atoms with E-state index >= 15 is 0 Å². The molecule has 0 rings (SSSR count). The molecule has 0 aromatic carbocycles. The van der Waals surface area contributed by atoms with E-state index in [4.69, 9.17) is 10.1 Å². The summed E-state index contributed by atoms with van der Waals surface area (Å²) in [7, 11) is 0. The fourth-order valence-corrected chi connectivity index (χ4v) is 1.29. The van der Waals surface area contributed by atoms with Crippen molar-refractivity contribution in [1.29, 1.82) is 5.41 Å². The van der Waals surface area contributed by atoms with Gasteiger partial charge in [-0.2, -0.15) is 0 Å². The molecule has 1 unspecified atom stereocenters. The number of nitrogens with one attached hydrogen (secondary N) is 1. The second-order valence-corrected chi connectivity index (χ2v) is 3.75. The molecule has 0 bridgehead atoms. The number of ether oxygens (including phenoxy) is 1. The molecule has 0 saturated carbocycles. The van der Waals surface area contributed by atoms with Gasteiger partial charge in [-0.3, -0.25) is 4.99 Å². The Morgan fingerprint density at radius 3 is 2.50 bits per heavy atom. The van der Waals surface area contributed by atoms with Crippen molar-refractivity contribution >= 4 is 11.9 Å². The normalized spacial score (nSPS) is 14.1. The van der Waals surface area contributed by atoms with Crippen LogP contribution in [0.4, 0.5) is 0 Å². The van der Waals surface area contributed by atoms with Crippen LogP contribution in [0.25, 0.3) is 0 Å². The zero-order valence-corrected chi connectivity index (χ0v) is 10.9. The molecule has 92 valence electrons. The fraction of sp³-hybridized carbons (Fsp3) is 0.692. The molecule has 0 aliphatic rings. The minimum absolute atomic E-state index is 0.140. The molecule has 0 aliphatic carbocycles. The predicted molar refractivity (Wildman–Crippen MR) is 70.3 cm³/mol. The lowest BCUT2D eigenvalue weighted by Crippen LogP contribution is -2.13. The van der Waals surface area contributed by atoms with Crippen molar-refractivity contribution in [2.75, 3.05) is 0 Å². The zero-order chi connectivity index (χ0) is 12.4. The lowest BCUT2D eigenvalue weighted by molar-refractivity contribution is 0.128. The van der Waals surface area contributed by atoms with Gasteiger partial charge < -0.3 is 10.1 Å². The molecule has 3 heteroatoms. The summed E-state index contributed by atoms with van der Waals surface area (Å²) in [5.41, 5.74) is 0.473. The number of nitrogens with zero attached hydrogens (tertiary/aromatic N) is 1. The highest BCUT2D eigenvalue weighted by Crippen LogP contribution is 2.12. The Hall–Kier alpha value is -1.12. The maximum Gasteiger partial charge on any atom is 0.189 e. The van der Waals surface area contributed by atoms with Crippen LogP contribution in [-0.4, -0.2) is 18.2 Å². The van der Waals surface area contributed by atoms with Crippen LogP contribution >= 0.6 is 0 Å². The van der Waals surface area contributed by atoms with E-state index in [1.165, 1.54) is 0 Å². The zero-order valence-electron chi connectivity index (χ0n) is 10.9. The van der Waals surface area contributed by atoms with Gasteiger partial charge in [-0.15, -0.1) is 0 Å². The SMILES string of the molecule is CC=NC(CCC)O/C(=C/CCC)C(C)=N. The van der Waals surface area contributed by atoms with Gasteiger partial charge in [0, 0.05) is 6.42 Å². The van der Waals surface area contributed by atoms with Gasteiger partial charge in [0.2, 0.25) is 0 Å². The van der Waals surface area contributed by atoms with Crippen LogP contribution in [0.2, 0.25) is 0 Å². The van der Waals surface area contributed by atoms with Gasteiger partial charge in [0.05, 0.1) is 5.71 Å². The second-order valence-electron chi connectivity index (χ2n) is 3.75. The Bertz CT molecular complexity index is 257. The first-order valence-corrected chi connectivity index (χ1v) is 6.05. The molecule has 16 heavy (non-hydrogen) atoms. The molecule has 0 aromatic rings. The number of allylic oxidation sites excluding steroid dienone is 2. The summed E-state index contributed by atoms with van der Waals surface area (Å²) in [6, 6.07) is 0. The molecule has 3 nitrogen and oxygen atoms in total. The summed E-state index contributed by atoms with van der Waals surface area (Å²) in [5, 5.41) is 7.64. The Balaban J connectivity index is 4.50. The molecule has 1 N–H and O–H groups in total. The molecule has 0 aliphatic heterocycles. The summed E-state index contributed by atoms with van der Waals surface area (Å²) in [6.07, 6.45) is 7.53. The van der Waals surface area contributed by atoms with Gasteiger partial charge in [0.25, 0.3) is 0 Å². The lowest BCUT2D eigenvalue weighted by Gasteiger charge is -2.16. The molecule has 0 aromatic heterocycles. The van der Waals surface area contributed by atoms with Crippen molar-refractivity contribution < 1.29 is 4.74 Å². The van der Waals surface area contributed by atoms with E-state index in [9.17, 15) is 0 Å². The van der Waals surface area contributed by atoms with Crippen molar-refractivity contribution in [3.05, 3.63) is 11.8 Å². The average molecular weight is 224 g/mol. The Kier molecular flexibility index (Phi) is 8.49. The van der Waals surface area contributed by atoms with E-state index in [1.54, 1.807) is 13.1 Å². The summed E-state index contributed by atoms with van der Waals surface area (Å²) in [6.45, 7) is 7.86. The highest BCUT2D eigenvalue weighted by Gasteiger charge is 2.09. The van der Waals surface area contributed by atoms with Crippen LogP contribution in [0, 0.1) is 5.41 Å². The third kappa shape index (κ3) is 6.38. The largest absolute Gasteiger partial charge is 0.467 e. The summed E-state index contributed by atoms with van der Waals surface area (Å²) in [5.74, 6) is 0.672.